The number of hydrogen-bond acceptors (Lipinski definition) is 5. The summed E-state index contributed by atoms with van der Waals surface area (Å²) in [6.07, 6.45) is 0.211. The minimum Gasteiger partial charge on any atom is -0.490 e. The van der Waals surface area contributed by atoms with Crippen LogP contribution in [-0.2, 0) is 11.2 Å². The maximum absolute atomic E-state index is 12.7. The minimum absolute atomic E-state index is 0.0735. The summed E-state index contributed by atoms with van der Waals surface area (Å²) in [4.78, 5) is 39.5. The molecule has 3 rings (SSSR count). The molecule has 3 N–H and O–H groups in total. The summed E-state index contributed by atoms with van der Waals surface area (Å²) in [7, 11) is 5.32. The first-order valence-electron chi connectivity index (χ1n) is 11.8. The van der Waals surface area contributed by atoms with Crippen molar-refractivity contribution in [3.8, 4) is 5.75 Å². The molecule has 194 valence electrons. The number of carbonyl (C=O) groups is 3. The highest BCUT2D eigenvalue weighted by Crippen LogP contribution is 2.28. The summed E-state index contributed by atoms with van der Waals surface area (Å²) in [5, 5.41) is 14.8. The highest BCUT2D eigenvalue weighted by atomic mass is 16.5. The van der Waals surface area contributed by atoms with Gasteiger partial charge in [0.15, 0.2) is 0 Å². The van der Waals surface area contributed by atoms with Crippen LogP contribution in [-0.4, -0.2) is 62.2 Å². The van der Waals surface area contributed by atoms with Crippen molar-refractivity contribution in [1.29, 1.82) is 0 Å². The Labute approximate surface area is 216 Å². The highest BCUT2D eigenvalue weighted by Gasteiger charge is 2.14. The average molecular weight is 505 g/mol. The van der Waals surface area contributed by atoms with Crippen molar-refractivity contribution in [1.82, 2.24) is 4.90 Å². The van der Waals surface area contributed by atoms with Crippen molar-refractivity contribution in [2.24, 2.45) is 0 Å². The monoisotopic (exact) mass is 504 g/mol. The number of aromatic carboxylic acids is 1. The third-order valence-corrected chi connectivity index (χ3v) is 5.76. The number of nitrogens with one attached hydrogen (secondary N) is 2. The maximum atomic E-state index is 12.7. The number of urea groups is 1. The number of likely N-dealkylation sites (N-methyl/N-ethyl adjacent to an activating group) is 1. The molecule has 0 atom stereocenters. The Balaban J connectivity index is 1.48. The molecule has 0 heterocycles. The second kappa shape index (κ2) is 12.4. The van der Waals surface area contributed by atoms with Crippen LogP contribution in [0.5, 0.6) is 5.75 Å². The quantitative estimate of drug-likeness (QED) is 0.375. The van der Waals surface area contributed by atoms with Gasteiger partial charge in [-0.15, -0.1) is 0 Å². The normalized spacial score (nSPS) is 10.4. The van der Waals surface area contributed by atoms with E-state index in [1.54, 1.807) is 67.3 Å². The minimum atomic E-state index is -1.01. The number of hydrogen-bond donors (Lipinski definition) is 3. The van der Waals surface area contributed by atoms with Gasteiger partial charge in [-0.25, -0.2) is 9.59 Å². The second-order valence-corrected chi connectivity index (χ2v) is 8.81. The second-order valence-electron chi connectivity index (χ2n) is 8.81. The van der Waals surface area contributed by atoms with Crippen molar-refractivity contribution in [2.75, 3.05) is 49.8 Å². The molecule has 3 aromatic carbocycles. The number of anilines is 3. The predicted molar refractivity (Wildman–Crippen MR) is 145 cm³/mol. The summed E-state index contributed by atoms with van der Waals surface area (Å²) in [5.41, 5.74) is 3.97. The Bertz CT molecular complexity index is 1260. The van der Waals surface area contributed by atoms with E-state index in [0.29, 0.717) is 23.7 Å². The van der Waals surface area contributed by atoms with Crippen LogP contribution in [0.1, 0.15) is 21.5 Å². The molecule has 3 aromatic rings. The Morgan fingerprint density at radius 1 is 0.919 bits per heavy atom. The molecule has 0 aliphatic rings. The lowest BCUT2D eigenvalue weighted by Gasteiger charge is -2.21. The summed E-state index contributed by atoms with van der Waals surface area (Å²) in [6.45, 7) is 2.55. The van der Waals surface area contributed by atoms with E-state index in [2.05, 4.69) is 10.6 Å². The van der Waals surface area contributed by atoms with E-state index in [1.807, 2.05) is 31.2 Å². The number of carbonyl (C=O) groups excluding carboxylic acids is 2. The van der Waals surface area contributed by atoms with E-state index in [0.717, 1.165) is 16.8 Å². The number of carboxylic acids is 1. The topological polar surface area (TPSA) is 111 Å². The van der Waals surface area contributed by atoms with Crippen LogP contribution >= 0.6 is 0 Å². The number of benzene rings is 3. The van der Waals surface area contributed by atoms with E-state index >= 15 is 0 Å². The molecule has 0 unspecified atom stereocenters. The van der Waals surface area contributed by atoms with Gasteiger partial charge in [0, 0.05) is 32.5 Å². The Kier molecular flexibility index (Phi) is 9.10. The van der Waals surface area contributed by atoms with Crippen LogP contribution in [0.25, 0.3) is 0 Å². The molecular formula is C28H32N4O5. The predicted octanol–water partition coefficient (Wildman–Crippen LogP) is 4.48. The lowest BCUT2D eigenvalue weighted by molar-refractivity contribution is -0.129. The van der Waals surface area contributed by atoms with Gasteiger partial charge in [-0.3, -0.25) is 4.79 Å². The molecule has 0 saturated carbocycles. The van der Waals surface area contributed by atoms with Crippen molar-refractivity contribution in [2.45, 2.75) is 13.3 Å². The van der Waals surface area contributed by atoms with E-state index in [-0.39, 0.29) is 30.5 Å². The molecule has 0 fully saturated rings. The standard InChI is InChI=1S/C28H32N4O5/c1-19-7-5-6-8-23(19)30-28(36)29-22-12-9-20(10-13-22)17-26(33)32(4)15-16-37-25-14-11-21(27(34)35)18-24(25)31(2)3/h5-14,18H,15-17H2,1-4H3,(H,34,35)(H2,29,30,36). The average Bonchev–Trinajstić information content (AvgIpc) is 2.86. The number of aryl methyl sites for hydroxylation is 1. The van der Waals surface area contributed by atoms with Gasteiger partial charge in [-0.1, -0.05) is 30.3 Å². The van der Waals surface area contributed by atoms with Crippen molar-refractivity contribution < 1.29 is 24.2 Å². The highest BCUT2D eigenvalue weighted by molar-refractivity contribution is 6.00. The van der Waals surface area contributed by atoms with Gasteiger partial charge in [0.2, 0.25) is 5.91 Å². The zero-order valence-corrected chi connectivity index (χ0v) is 21.4. The van der Waals surface area contributed by atoms with Crippen molar-refractivity contribution in [3.05, 3.63) is 83.4 Å². The summed E-state index contributed by atoms with van der Waals surface area (Å²) < 4.78 is 5.83. The Hall–Kier alpha value is -4.53. The molecular weight excluding hydrogens is 472 g/mol. The smallest absolute Gasteiger partial charge is 0.335 e. The molecule has 0 bridgehead atoms. The molecule has 0 aliphatic heterocycles. The number of ether oxygens (including phenoxy) is 1. The molecule has 3 amide bonds. The van der Waals surface area contributed by atoms with Crippen LogP contribution in [0.2, 0.25) is 0 Å². The fraction of sp³-hybridized carbons (Fsp3) is 0.250. The van der Waals surface area contributed by atoms with E-state index in [9.17, 15) is 19.5 Å². The van der Waals surface area contributed by atoms with Crippen LogP contribution < -0.4 is 20.3 Å². The zero-order chi connectivity index (χ0) is 26.9. The lowest BCUT2D eigenvalue weighted by Crippen LogP contribution is -2.32. The first-order valence-corrected chi connectivity index (χ1v) is 11.8. The summed E-state index contributed by atoms with van der Waals surface area (Å²) >= 11 is 0. The summed E-state index contributed by atoms with van der Waals surface area (Å²) in [6, 6.07) is 19.0. The van der Waals surface area contributed by atoms with Crippen LogP contribution in [0.3, 0.4) is 0 Å². The molecule has 0 aliphatic carbocycles. The molecule has 9 heteroatoms. The molecule has 9 nitrogen and oxygen atoms in total. The lowest BCUT2D eigenvalue weighted by atomic mass is 10.1. The Morgan fingerprint density at radius 2 is 1.62 bits per heavy atom. The fourth-order valence-electron chi connectivity index (χ4n) is 3.55. The van der Waals surface area contributed by atoms with Gasteiger partial charge in [-0.05, 0) is 54.4 Å². The molecule has 0 radical (unpaired) electrons. The first kappa shape index (κ1) is 27.1. The van der Waals surface area contributed by atoms with E-state index in [4.69, 9.17) is 4.74 Å². The summed E-state index contributed by atoms with van der Waals surface area (Å²) in [5.74, 6) is -0.532. The van der Waals surface area contributed by atoms with Gasteiger partial charge in [0.1, 0.15) is 12.4 Å². The van der Waals surface area contributed by atoms with Gasteiger partial charge >= 0.3 is 12.0 Å². The van der Waals surface area contributed by atoms with Crippen molar-refractivity contribution in [3.63, 3.8) is 0 Å². The molecule has 0 saturated heterocycles. The number of amides is 3. The van der Waals surface area contributed by atoms with Crippen LogP contribution in [0, 0.1) is 6.92 Å². The SMILES string of the molecule is Cc1ccccc1NC(=O)Nc1ccc(CC(=O)N(C)CCOc2ccc(C(=O)O)cc2N(C)C)cc1. The number of nitrogens with zero attached hydrogens (tertiary/aromatic N) is 2. The van der Waals surface area contributed by atoms with Crippen molar-refractivity contribution >= 4 is 35.0 Å². The number of rotatable bonds is 10. The van der Waals surface area contributed by atoms with Gasteiger partial charge in [-0.2, -0.15) is 0 Å². The number of carboxylic acid groups (broad SMARTS) is 1. The van der Waals surface area contributed by atoms with Crippen LogP contribution in [0.4, 0.5) is 21.9 Å². The third kappa shape index (κ3) is 7.73. The fourth-order valence-corrected chi connectivity index (χ4v) is 3.55. The largest absolute Gasteiger partial charge is 0.490 e. The molecule has 0 spiro atoms. The van der Waals surface area contributed by atoms with Gasteiger partial charge < -0.3 is 30.3 Å². The van der Waals surface area contributed by atoms with Gasteiger partial charge in [0.05, 0.1) is 24.2 Å². The van der Waals surface area contributed by atoms with E-state index < -0.39 is 5.97 Å². The third-order valence-electron chi connectivity index (χ3n) is 5.76. The van der Waals surface area contributed by atoms with Gasteiger partial charge in [0.25, 0.3) is 0 Å². The Morgan fingerprint density at radius 3 is 2.27 bits per heavy atom. The number of para-hydroxylation sites is 1. The maximum Gasteiger partial charge on any atom is 0.335 e. The van der Waals surface area contributed by atoms with E-state index in [1.165, 1.54) is 6.07 Å². The van der Waals surface area contributed by atoms with Crippen LogP contribution in [0.15, 0.2) is 66.7 Å². The first-order chi connectivity index (χ1) is 17.6. The molecule has 37 heavy (non-hydrogen) atoms. The zero-order valence-electron chi connectivity index (χ0n) is 21.4. The molecule has 0 aromatic heterocycles.